The van der Waals surface area contributed by atoms with Gasteiger partial charge in [0.1, 0.15) is 5.69 Å². The minimum Gasteiger partial charge on any atom is -0.364 e. The van der Waals surface area contributed by atoms with Crippen molar-refractivity contribution in [3.63, 3.8) is 0 Å². The van der Waals surface area contributed by atoms with Gasteiger partial charge in [-0.1, -0.05) is 19.8 Å². The molecule has 114 valence electrons. The van der Waals surface area contributed by atoms with Crippen LogP contribution in [0.3, 0.4) is 0 Å². The third kappa shape index (κ3) is 4.03. The number of primary amides is 1. The molecule has 0 radical (unpaired) electrons. The Hall–Kier alpha value is -1.91. The van der Waals surface area contributed by atoms with Crippen LogP contribution in [0.2, 0.25) is 0 Å². The highest BCUT2D eigenvalue weighted by Crippen LogP contribution is 2.22. The predicted molar refractivity (Wildman–Crippen MR) is 80.9 cm³/mol. The van der Waals surface area contributed by atoms with Crippen molar-refractivity contribution < 1.29 is 9.59 Å². The molecule has 1 aromatic heterocycles. The van der Waals surface area contributed by atoms with E-state index in [9.17, 15) is 9.59 Å². The number of pyridine rings is 1. The van der Waals surface area contributed by atoms with Gasteiger partial charge in [-0.05, 0) is 37.3 Å². The Kier molecular flexibility index (Phi) is 5.31. The molecule has 1 atom stereocenters. The molecule has 0 unspecified atom stereocenters. The Morgan fingerprint density at radius 1 is 1.33 bits per heavy atom. The Bertz CT molecular complexity index is 499. The van der Waals surface area contributed by atoms with E-state index in [0.717, 1.165) is 31.8 Å². The van der Waals surface area contributed by atoms with E-state index < -0.39 is 5.91 Å². The minimum absolute atomic E-state index is 0.00401. The van der Waals surface area contributed by atoms with Gasteiger partial charge >= 0.3 is 0 Å². The molecular formula is C16H23N3O2. The molecule has 5 nitrogen and oxygen atoms in total. The smallest absolute Gasteiger partial charge is 0.267 e. The van der Waals surface area contributed by atoms with Gasteiger partial charge < -0.3 is 10.6 Å². The van der Waals surface area contributed by atoms with Crippen LogP contribution in [0.5, 0.6) is 0 Å². The molecule has 1 fully saturated rings. The first kappa shape index (κ1) is 15.5. The Labute approximate surface area is 125 Å². The Morgan fingerprint density at radius 2 is 2.14 bits per heavy atom. The van der Waals surface area contributed by atoms with E-state index in [1.165, 1.54) is 31.5 Å². The van der Waals surface area contributed by atoms with Gasteiger partial charge in [0, 0.05) is 19.3 Å². The topological polar surface area (TPSA) is 76.3 Å². The van der Waals surface area contributed by atoms with Crippen LogP contribution in [-0.4, -0.2) is 34.8 Å². The molecule has 0 bridgehead atoms. The van der Waals surface area contributed by atoms with Gasteiger partial charge in [-0.25, -0.2) is 0 Å². The van der Waals surface area contributed by atoms with Gasteiger partial charge in [0.05, 0.1) is 5.56 Å². The zero-order chi connectivity index (χ0) is 15.2. The van der Waals surface area contributed by atoms with Crippen molar-refractivity contribution in [2.45, 2.75) is 39.0 Å². The van der Waals surface area contributed by atoms with E-state index in [0.29, 0.717) is 5.56 Å². The van der Waals surface area contributed by atoms with Crippen molar-refractivity contribution in [3.05, 3.63) is 29.6 Å². The highest BCUT2D eigenvalue weighted by atomic mass is 16.2. The molecule has 1 aromatic rings. The second-order valence-electron chi connectivity index (χ2n) is 5.67. The van der Waals surface area contributed by atoms with Gasteiger partial charge in [0.25, 0.3) is 11.8 Å². The number of likely N-dealkylation sites (tertiary alicyclic amines) is 1. The van der Waals surface area contributed by atoms with E-state index in [1.807, 2.05) is 4.90 Å². The standard InChI is InChI=1S/C16H23N3O2/c1-2-4-12-5-3-9-19(10-8-12)16(21)13-6-7-14(15(17)20)18-11-13/h6-7,11-12H,2-5,8-10H2,1H3,(H2,17,20)/t12-/m0/s1. The summed E-state index contributed by atoms with van der Waals surface area (Å²) in [7, 11) is 0. The number of aromatic nitrogens is 1. The first-order valence-corrected chi connectivity index (χ1v) is 7.67. The lowest BCUT2D eigenvalue weighted by atomic mass is 9.96. The van der Waals surface area contributed by atoms with E-state index in [2.05, 4.69) is 11.9 Å². The molecule has 2 heterocycles. The molecule has 0 aliphatic carbocycles. The lowest BCUT2D eigenvalue weighted by Gasteiger charge is -2.20. The summed E-state index contributed by atoms with van der Waals surface area (Å²) < 4.78 is 0. The number of hydrogen-bond acceptors (Lipinski definition) is 3. The molecule has 1 saturated heterocycles. The number of carbonyl (C=O) groups is 2. The zero-order valence-electron chi connectivity index (χ0n) is 12.5. The van der Waals surface area contributed by atoms with Crippen LogP contribution in [-0.2, 0) is 0 Å². The maximum Gasteiger partial charge on any atom is 0.267 e. The van der Waals surface area contributed by atoms with Gasteiger partial charge in [-0.3, -0.25) is 14.6 Å². The van der Waals surface area contributed by atoms with Crippen molar-refractivity contribution >= 4 is 11.8 Å². The lowest BCUT2D eigenvalue weighted by Crippen LogP contribution is -2.32. The normalized spacial score (nSPS) is 19.1. The molecule has 2 N–H and O–H groups in total. The number of rotatable bonds is 4. The summed E-state index contributed by atoms with van der Waals surface area (Å²) in [5.41, 5.74) is 5.86. The molecule has 21 heavy (non-hydrogen) atoms. The van der Waals surface area contributed by atoms with Gasteiger partial charge in [0.15, 0.2) is 0 Å². The summed E-state index contributed by atoms with van der Waals surface area (Å²) in [4.78, 5) is 29.3. The number of carbonyl (C=O) groups excluding carboxylic acids is 2. The van der Waals surface area contributed by atoms with Crippen LogP contribution >= 0.6 is 0 Å². The van der Waals surface area contributed by atoms with Crippen LogP contribution in [0.15, 0.2) is 18.3 Å². The number of nitrogens with two attached hydrogens (primary N) is 1. The van der Waals surface area contributed by atoms with E-state index in [-0.39, 0.29) is 11.6 Å². The van der Waals surface area contributed by atoms with E-state index in [4.69, 9.17) is 5.73 Å². The van der Waals surface area contributed by atoms with Gasteiger partial charge in [-0.2, -0.15) is 0 Å². The highest BCUT2D eigenvalue weighted by Gasteiger charge is 2.21. The second-order valence-corrected chi connectivity index (χ2v) is 5.67. The van der Waals surface area contributed by atoms with Crippen molar-refractivity contribution in [2.75, 3.05) is 13.1 Å². The molecular weight excluding hydrogens is 266 g/mol. The van der Waals surface area contributed by atoms with E-state index >= 15 is 0 Å². The summed E-state index contributed by atoms with van der Waals surface area (Å²) in [6.07, 6.45) is 7.23. The quantitative estimate of drug-likeness (QED) is 0.923. The second kappa shape index (κ2) is 7.20. The fraction of sp³-hybridized carbons (Fsp3) is 0.562. The first-order valence-electron chi connectivity index (χ1n) is 7.67. The molecule has 0 spiro atoms. The van der Waals surface area contributed by atoms with Crippen molar-refractivity contribution in [1.82, 2.24) is 9.88 Å². The first-order chi connectivity index (χ1) is 10.1. The van der Waals surface area contributed by atoms with E-state index in [1.54, 1.807) is 6.07 Å². The van der Waals surface area contributed by atoms with Crippen molar-refractivity contribution in [3.8, 4) is 0 Å². The van der Waals surface area contributed by atoms with Crippen LogP contribution in [0.25, 0.3) is 0 Å². The molecule has 1 aliphatic rings. The Morgan fingerprint density at radius 3 is 2.76 bits per heavy atom. The average Bonchev–Trinajstić information content (AvgIpc) is 2.73. The van der Waals surface area contributed by atoms with Crippen molar-refractivity contribution in [2.24, 2.45) is 11.7 Å². The van der Waals surface area contributed by atoms with Crippen LogP contribution < -0.4 is 5.73 Å². The fourth-order valence-electron chi connectivity index (χ4n) is 2.91. The number of amides is 2. The third-order valence-corrected chi connectivity index (χ3v) is 4.09. The van der Waals surface area contributed by atoms with Gasteiger partial charge in [-0.15, -0.1) is 0 Å². The number of nitrogens with zero attached hydrogens (tertiary/aromatic N) is 2. The minimum atomic E-state index is -0.578. The third-order valence-electron chi connectivity index (χ3n) is 4.09. The molecule has 2 rings (SSSR count). The summed E-state index contributed by atoms with van der Waals surface area (Å²) >= 11 is 0. The molecule has 5 heteroatoms. The summed E-state index contributed by atoms with van der Waals surface area (Å²) in [6, 6.07) is 3.14. The molecule has 0 aromatic carbocycles. The maximum atomic E-state index is 12.5. The van der Waals surface area contributed by atoms with Crippen LogP contribution in [0, 0.1) is 5.92 Å². The molecule has 0 saturated carbocycles. The summed E-state index contributed by atoms with van der Waals surface area (Å²) in [6.45, 7) is 3.82. The largest absolute Gasteiger partial charge is 0.364 e. The average molecular weight is 289 g/mol. The monoisotopic (exact) mass is 289 g/mol. The lowest BCUT2D eigenvalue weighted by molar-refractivity contribution is 0.0758. The predicted octanol–water partition coefficient (Wildman–Crippen LogP) is 2.22. The van der Waals surface area contributed by atoms with Crippen LogP contribution in [0.1, 0.15) is 59.9 Å². The van der Waals surface area contributed by atoms with Crippen molar-refractivity contribution in [1.29, 1.82) is 0 Å². The van der Waals surface area contributed by atoms with Crippen LogP contribution in [0.4, 0.5) is 0 Å². The summed E-state index contributed by atoms with van der Waals surface area (Å²) in [5.74, 6) is 0.157. The number of hydrogen-bond donors (Lipinski definition) is 1. The van der Waals surface area contributed by atoms with Gasteiger partial charge in [0.2, 0.25) is 0 Å². The molecule has 2 amide bonds. The molecule has 1 aliphatic heterocycles. The fourth-order valence-corrected chi connectivity index (χ4v) is 2.91. The zero-order valence-corrected chi connectivity index (χ0v) is 12.5. The highest BCUT2D eigenvalue weighted by molar-refractivity contribution is 5.95. The maximum absolute atomic E-state index is 12.5. The Balaban J connectivity index is 2.00. The SMILES string of the molecule is CCC[C@H]1CCCN(C(=O)c2ccc(C(N)=O)nc2)CC1. The summed E-state index contributed by atoms with van der Waals surface area (Å²) in [5, 5.41) is 0.